The van der Waals surface area contributed by atoms with Crippen LogP contribution in [0.2, 0.25) is 0 Å². The summed E-state index contributed by atoms with van der Waals surface area (Å²) in [6.45, 7) is 4.41. The lowest BCUT2D eigenvalue weighted by atomic mass is 10.1. The van der Waals surface area contributed by atoms with E-state index in [4.69, 9.17) is 10.5 Å². The first-order chi connectivity index (χ1) is 8.99. The van der Waals surface area contributed by atoms with E-state index in [0.29, 0.717) is 6.61 Å². The van der Waals surface area contributed by atoms with Crippen LogP contribution in [0.1, 0.15) is 29.9 Å². The molecule has 2 rings (SSSR count). The molecule has 1 aromatic heterocycles. The molecule has 19 heavy (non-hydrogen) atoms. The fourth-order valence-corrected chi connectivity index (χ4v) is 2.31. The molecule has 5 heteroatoms. The highest BCUT2D eigenvalue weighted by Gasteiger charge is 2.11. The van der Waals surface area contributed by atoms with Gasteiger partial charge >= 0.3 is 0 Å². The van der Waals surface area contributed by atoms with Crippen molar-refractivity contribution in [2.24, 2.45) is 12.8 Å². The highest BCUT2D eigenvalue weighted by Crippen LogP contribution is 2.22. The number of halogens is 1. The van der Waals surface area contributed by atoms with Crippen LogP contribution >= 0.6 is 15.9 Å². The number of nitrogens with two attached hydrogens (primary N) is 1. The number of nitrogens with zero attached hydrogens (tertiary/aromatic N) is 2. The number of rotatable bonds is 4. The summed E-state index contributed by atoms with van der Waals surface area (Å²) in [5.74, 6) is 0.829. The molecule has 0 unspecified atom stereocenters. The molecule has 1 heterocycles. The van der Waals surface area contributed by atoms with E-state index in [1.165, 1.54) is 0 Å². The highest BCUT2D eigenvalue weighted by molar-refractivity contribution is 9.10. The molecule has 0 bridgehead atoms. The van der Waals surface area contributed by atoms with E-state index >= 15 is 0 Å². The SMILES string of the molecule is Cc1nn(C)c(COc2ccc([C@@H](C)N)cc2)c1Br. The Balaban J connectivity index is 2.06. The van der Waals surface area contributed by atoms with Crippen molar-refractivity contribution in [1.82, 2.24) is 9.78 Å². The van der Waals surface area contributed by atoms with Crippen LogP contribution < -0.4 is 10.5 Å². The first-order valence-electron chi connectivity index (χ1n) is 6.15. The highest BCUT2D eigenvalue weighted by atomic mass is 79.9. The van der Waals surface area contributed by atoms with Gasteiger partial charge in [0.1, 0.15) is 12.4 Å². The predicted molar refractivity (Wildman–Crippen MR) is 79.0 cm³/mol. The standard InChI is InChI=1S/C14H18BrN3O/c1-9(16)11-4-6-12(7-5-11)19-8-13-14(15)10(2)17-18(13)3/h4-7,9H,8,16H2,1-3H3/t9-/m1/s1. The van der Waals surface area contributed by atoms with Crippen LogP contribution in [-0.4, -0.2) is 9.78 Å². The molecule has 2 N–H and O–H groups in total. The van der Waals surface area contributed by atoms with Crippen LogP contribution in [0.3, 0.4) is 0 Å². The van der Waals surface area contributed by atoms with Crippen molar-refractivity contribution >= 4 is 15.9 Å². The summed E-state index contributed by atoms with van der Waals surface area (Å²) in [5, 5.41) is 4.33. The zero-order valence-corrected chi connectivity index (χ0v) is 12.9. The van der Waals surface area contributed by atoms with Crippen LogP contribution in [0.25, 0.3) is 0 Å². The monoisotopic (exact) mass is 323 g/mol. The van der Waals surface area contributed by atoms with E-state index in [2.05, 4.69) is 21.0 Å². The molecule has 2 aromatic rings. The third-order valence-electron chi connectivity index (χ3n) is 3.04. The second-order valence-electron chi connectivity index (χ2n) is 4.62. The fourth-order valence-electron chi connectivity index (χ4n) is 1.86. The van der Waals surface area contributed by atoms with E-state index in [0.717, 1.165) is 27.2 Å². The summed E-state index contributed by atoms with van der Waals surface area (Å²) >= 11 is 3.53. The van der Waals surface area contributed by atoms with E-state index < -0.39 is 0 Å². The van der Waals surface area contributed by atoms with E-state index in [-0.39, 0.29) is 6.04 Å². The topological polar surface area (TPSA) is 53.1 Å². The molecule has 0 spiro atoms. The van der Waals surface area contributed by atoms with Gasteiger partial charge in [-0.25, -0.2) is 0 Å². The van der Waals surface area contributed by atoms with Gasteiger partial charge in [-0.2, -0.15) is 5.10 Å². The van der Waals surface area contributed by atoms with Gasteiger partial charge in [-0.05, 0) is 47.5 Å². The minimum atomic E-state index is 0.0444. The second-order valence-corrected chi connectivity index (χ2v) is 5.41. The number of benzene rings is 1. The molecule has 0 fully saturated rings. The Hall–Kier alpha value is -1.33. The summed E-state index contributed by atoms with van der Waals surface area (Å²) in [7, 11) is 1.91. The molecule has 0 aliphatic rings. The molecule has 1 aromatic carbocycles. The number of aryl methyl sites for hydroxylation is 2. The second kappa shape index (κ2) is 5.75. The van der Waals surface area contributed by atoms with Crippen molar-refractivity contribution in [2.75, 3.05) is 0 Å². The molecule has 4 nitrogen and oxygen atoms in total. The van der Waals surface area contributed by atoms with E-state index in [1.807, 2.05) is 49.8 Å². The first-order valence-corrected chi connectivity index (χ1v) is 6.94. The summed E-state index contributed by atoms with van der Waals surface area (Å²) in [6, 6.07) is 7.90. The van der Waals surface area contributed by atoms with E-state index in [9.17, 15) is 0 Å². The van der Waals surface area contributed by atoms with Crippen molar-refractivity contribution in [3.05, 3.63) is 45.7 Å². The van der Waals surface area contributed by atoms with Crippen molar-refractivity contribution in [2.45, 2.75) is 26.5 Å². The Bertz CT molecular complexity index is 561. The van der Waals surface area contributed by atoms with Gasteiger partial charge in [0.05, 0.1) is 15.9 Å². The number of ether oxygens (including phenoxy) is 1. The lowest BCUT2D eigenvalue weighted by Crippen LogP contribution is -2.05. The Morgan fingerprint density at radius 3 is 2.47 bits per heavy atom. The number of aromatic nitrogens is 2. The largest absolute Gasteiger partial charge is 0.487 e. The quantitative estimate of drug-likeness (QED) is 0.940. The van der Waals surface area contributed by atoms with Crippen molar-refractivity contribution < 1.29 is 4.74 Å². The fraction of sp³-hybridized carbons (Fsp3) is 0.357. The lowest BCUT2D eigenvalue weighted by molar-refractivity contribution is 0.294. The summed E-state index contributed by atoms with van der Waals surface area (Å²) in [6.07, 6.45) is 0. The van der Waals surface area contributed by atoms with Gasteiger partial charge in [-0.15, -0.1) is 0 Å². The predicted octanol–water partition coefficient (Wildman–Crippen LogP) is 3.09. The molecular formula is C14H18BrN3O. The average molecular weight is 324 g/mol. The van der Waals surface area contributed by atoms with Crippen LogP contribution in [-0.2, 0) is 13.7 Å². The maximum Gasteiger partial charge on any atom is 0.131 e. The van der Waals surface area contributed by atoms with Crippen LogP contribution in [0, 0.1) is 6.92 Å². The zero-order valence-electron chi connectivity index (χ0n) is 11.4. The van der Waals surface area contributed by atoms with Gasteiger partial charge in [-0.1, -0.05) is 12.1 Å². The molecule has 0 aliphatic carbocycles. The molecule has 102 valence electrons. The van der Waals surface area contributed by atoms with Crippen molar-refractivity contribution in [3.63, 3.8) is 0 Å². The molecule has 1 atom stereocenters. The van der Waals surface area contributed by atoms with Gasteiger partial charge in [0, 0.05) is 13.1 Å². The molecular weight excluding hydrogens is 306 g/mol. The number of hydrogen-bond acceptors (Lipinski definition) is 3. The molecule has 0 radical (unpaired) electrons. The third kappa shape index (κ3) is 3.16. The van der Waals surface area contributed by atoms with Crippen molar-refractivity contribution in [3.8, 4) is 5.75 Å². The van der Waals surface area contributed by atoms with Gasteiger partial charge in [-0.3, -0.25) is 4.68 Å². The number of hydrogen-bond donors (Lipinski definition) is 1. The molecule has 0 amide bonds. The lowest BCUT2D eigenvalue weighted by Gasteiger charge is -2.09. The Kier molecular flexibility index (Phi) is 4.27. The Morgan fingerprint density at radius 2 is 2.00 bits per heavy atom. The summed E-state index contributed by atoms with van der Waals surface area (Å²) in [4.78, 5) is 0. The molecule has 0 saturated heterocycles. The molecule has 0 saturated carbocycles. The zero-order chi connectivity index (χ0) is 14.0. The maximum atomic E-state index is 5.81. The maximum absolute atomic E-state index is 5.81. The molecule has 0 aliphatic heterocycles. The normalized spacial score (nSPS) is 12.5. The van der Waals surface area contributed by atoms with Gasteiger partial charge in [0.25, 0.3) is 0 Å². The van der Waals surface area contributed by atoms with Crippen LogP contribution in [0.4, 0.5) is 0 Å². The minimum Gasteiger partial charge on any atom is -0.487 e. The van der Waals surface area contributed by atoms with E-state index in [1.54, 1.807) is 0 Å². The first kappa shape index (κ1) is 14.1. The van der Waals surface area contributed by atoms with Gasteiger partial charge in [0.15, 0.2) is 0 Å². The Morgan fingerprint density at radius 1 is 1.37 bits per heavy atom. The summed E-state index contributed by atoms with van der Waals surface area (Å²) < 4.78 is 8.60. The summed E-state index contributed by atoms with van der Waals surface area (Å²) in [5.41, 5.74) is 8.90. The smallest absolute Gasteiger partial charge is 0.131 e. The van der Waals surface area contributed by atoms with Gasteiger partial charge in [0.2, 0.25) is 0 Å². The average Bonchev–Trinajstić information content (AvgIpc) is 2.62. The van der Waals surface area contributed by atoms with Crippen LogP contribution in [0.15, 0.2) is 28.7 Å². The van der Waals surface area contributed by atoms with Crippen molar-refractivity contribution in [1.29, 1.82) is 0 Å². The third-order valence-corrected chi connectivity index (χ3v) is 4.07. The minimum absolute atomic E-state index is 0.0444. The van der Waals surface area contributed by atoms with Crippen LogP contribution in [0.5, 0.6) is 5.75 Å². The van der Waals surface area contributed by atoms with Gasteiger partial charge < -0.3 is 10.5 Å². The Labute approximate surface area is 121 Å².